The maximum atomic E-state index is 12.1. The molecule has 0 aliphatic heterocycles. The first kappa shape index (κ1) is 11.6. The van der Waals surface area contributed by atoms with Crippen molar-refractivity contribution in [3.8, 4) is 0 Å². The molecule has 0 radical (unpaired) electrons. The van der Waals surface area contributed by atoms with Gasteiger partial charge in [-0.1, -0.05) is 18.2 Å². The molecule has 0 spiro atoms. The molecule has 0 aliphatic rings. The van der Waals surface area contributed by atoms with Crippen LogP contribution in [-0.2, 0) is 4.74 Å². The van der Waals surface area contributed by atoms with Crippen LogP contribution in [0, 0.1) is 0 Å². The van der Waals surface area contributed by atoms with Gasteiger partial charge in [-0.2, -0.15) is 5.10 Å². The lowest BCUT2D eigenvalue weighted by atomic mass is 10.2. The molecular weight excluding hydrogens is 218 g/mol. The average Bonchev–Trinajstić information content (AvgIpc) is 2.78. The third kappa shape index (κ3) is 2.29. The lowest BCUT2D eigenvalue weighted by Gasteiger charge is -2.15. The van der Waals surface area contributed by atoms with Crippen molar-refractivity contribution in [3.63, 3.8) is 0 Å². The number of carbonyl (C=O) groups is 1. The summed E-state index contributed by atoms with van der Waals surface area (Å²) in [6.45, 7) is 1.07. The second kappa shape index (κ2) is 4.97. The fraction of sp³-hybridized carbons (Fsp3) is 0.333. The number of para-hydroxylation sites is 1. The number of nitrogens with zero attached hydrogens (tertiary/aromatic N) is 2. The first-order valence-corrected chi connectivity index (χ1v) is 5.41. The lowest BCUT2D eigenvalue weighted by Crippen LogP contribution is -2.30. The molecule has 0 saturated carbocycles. The molecule has 2 rings (SSSR count). The van der Waals surface area contributed by atoms with Gasteiger partial charge in [-0.25, -0.2) is 0 Å². The highest BCUT2D eigenvalue weighted by molar-refractivity contribution is 6.04. The normalized spacial score (nSPS) is 10.7. The Bertz CT molecular complexity index is 521. The molecule has 0 atom stereocenters. The Morgan fingerprint density at radius 2 is 2.24 bits per heavy atom. The lowest BCUT2D eigenvalue weighted by molar-refractivity contribution is 0.0740. The zero-order valence-electron chi connectivity index (χ0n) is 9.93. The fourth-order valence-corrected chi connectivity index (χ4v) is 1.64. The van der Waals surface area contributed by atoms with Crippen LogP contribution in [0.5, 0.6) is 0 Å². The number of H-pyrrole nitrogens is 1. The smallest absolute Gasteiger partial charge is 0.274 e. The summed E-state index contributed by atoms with van der Waals surface area (Å²) < 4.78 is 4.95. The van der Waals surface area contributed by atoms with E-state index in [4.69, 9.17) is 4.74 Å². The average molecular weight is 233 g/mol. The summed E-state index contributed by atoms with van der Waals surface area (Å²) in [5, 5.41) is 7.77. The van der Waals surface area contributed by atoms with Gasteiger partial charge in [0.1, 0.15) is 0 Å². The van der Waals surface area contributed by atoms with E-state index >= 15 is 0 Å². The van der Waals surface area contributed by atoms with Crippen molar-refractivity contribution >= 4 is 16.8 Å². The Balaban J connectivity index is 2.24. The number of fused-ring (bicyclic) bond motifs is 1. The van der Waals surface area contributed by atoms with Crippen molar-refractivity contribution in [1.82, 2.24) is 15.1 Å². The van der Waals surface area contributed by atoms with Crippen molar-refractivity contribution in [2.45, 2.75) is 0 Å². The number of aromatic amines is 1. The van der Waals surface area contributed by atoms with Crippen molar-refractivity contribution in [3.05, 3.63) is 30.0 Å². The maximum absolute atomic E-state index is 12.1. The van der Waals surface area contributed by atoms with E-state index < -0.39 is 0 Å². The number of hydrogen-bond acceptors (Lipinski definition) is 3. The van der Waals surface area contributed by atoms with Crippen molar-refractivity contribution < 1.29 is 9.53 Å². The predicted molar refractivity (Wildman–Crippen MR) is 64.9 cm³/mol. The number of benzene rings is 1. The number of rotatable bonds is 4. The number of carbonyl (C=O) groups excluding carboxylic acids is 1. The first-order valence-electron chi connectivity index (χ1n) is 5.41. The Labute approximate surface area is 99.4 Å². The van der Waals surface area contributed by atoms with Gasteiger partial charge in [-0.15, -0.1) is 0 Å². The molecule has 5 nitrogen and oxygen atoms in total. The summed E-state index contributed by atoms with van der Waals surface area (Å²) in [7, 11) is 3.35. The zero-order valence-corrected chi connectivity index (χ0v) is 9.93. The second-order valence-electron chi connectivity index (χ2n) is 3.84. The molecule has 1 aromatic carbocycles. The molecule has 0 fully saturated rings. The van der Waals surface area contributed by atoms with E-state index in [0.29, 0.717) is 18.8 Å². The monoisotopic (exact) mass is 233 g/mol. The zero-order chi connectivity index (χ0) is 12.3. The van der Waals surface area contributed by atoms with E-state index in [1.54, 1.807) is 19.1 Å². The summed E-state index contributed by atoms with van der Waals surface area (Å²) in [6, 6.07) is 7.58. The summed E-state index contributed by atoms with van der Waals surface area (Å²) in [6.07, 6.45) is 0. The molecule has 0 unspecified atom stereocenters. The molecule has 17 heavy (non-hydrogen) atoms. The number of methoxy groups -OCH3 is 1. The van der Waals surface area contributed by atoms with Crippen LogP contribution in [0.2, 0.25) is 0 Å². The molecule has 90 valence electrons. The largest absolute Gasteiger partial charge is 0.383 e. The highest BCUT2D eigenvalue weighted by atomic mass is 16.5. The van der Waals surface area contributed by atoms with Gasteiger partial charge in [-0.3, -0.25) is 9.89 Å². The Morgan fingerprint density at radius 1 is 1.47 bits per heavy atom. The minimum Gasteiger partial charge on any atom is -0.383 e. The van der Waals surface area contributed by atoms with Crippen LogP contribution in [0.3, 0.4) is 0 Å². The van der Waals surface area contributed by atoms with Crippen LogP contribution in [0.4, 0.5) is 0 Å². The topological polar surface area (TPSA) is 58.2 Å². The van der Waals surface area contributed by atoms with Crippen molar-refractivity contribution in [1.29, 1.82) is 0 Å². The van der Waals surface area contributed by atoms with Gasteiger partial charge in [0, 0.05) is 26.1 Å². The number of aromatic nitrogens is 2. The summed E-state index contributed by atoms with van der Waals surface area (Å²) in [5.74, 6) is -0.0977. The van der Waals surface area contributed by atoms with Gasteiger partial charge >= 0.3 is 0 Å². The molecule has 1 aromatic heterocycles. The minimum absolute atomic E-state index is 0.0977. The third-order valence-electron chi connectivity index (χ3n) is 2.65. The number of hydrogen-bond donors (Lipinski definition) is 1. The van der Waals surface area contributed by atoms with Gasteiger partial charge in [0.25, 0.3) is 5.91 Å². The molecule has 0 saturated heterocycles. The quantitative estimate of drug-likeness (QED) is 0.865. The van der Waals surface area contributed by atoms with Crippen LogP contribution in [0.15, 0.2) is 24.3 Å². The predicted octanol–water partition coefficient (Wildman–Crippen LogP) is 1.28. The summed E-state index contributed by atoms with van der Waals surface area (Å²) in [5.41, 5.74) is 1.33. The number of ether oxygens (including phenoxy) is 1. The molecule has 0 bridgehead atoms. The van der Waals surface area contributed by atoms with Crippen LogP contribution < -0.4 is 0 Å². The highest BCUT2D eigenvalue weighted by Crippen LogP contribution is 2.16. The number of likely N-dealkylation sites (N-methyl/N-ethyl adjacent to an activating group) is 1. The molecule has 2 aromatic rings. The Morgan fingerprint density at radius 3 is 3.00 bits per heavy atom. The third-order valence-corrected chi connectivity index (χ3v) is 2.65. The van der Waals surface area contributed by atoms with Crippen molar-refractivity contribution in [2.24, 2.45) is 0 Å². The summed E-state index contributed by atoms with van der Waals surface area (Å²) >= 11 is 0. The second-order valence-corrected chi connectivity index (χ2v) is 3.84. The Kier molecular flexibility index (Phi) is 3.39. The van der Waals surface area contributed by atoms with Crippen LogP contribution >= 0.6 is 0 Å². The standard InChI is InChI=1S/C12H15N3O2/c1-15(7-8-17-2)12(16)11-9-5-3-4-6-10(9)13-14-11/h3-6H,7-8H2,1-2H3,(H,13,14). The van der Waals surface area contributed by atoms with E-state index in [0.717, 1.165) is 10.9 Å². The van der Waals surface area contributed by atoms with Gasteiger partial charge in [-0.05, 0) is 6.07 Å². The highest BCUT2D eigenvalue weighted by Gasteiger charge is 2.17. The molecule has 1 amide bonds. The maximum Gasteiger partial charge on any atom is 0.274 e. The minimum atomic E-state index is -0.0977. The summed E-state index contributed by atoms with van der Waals surface area (Å²) in [4.78, 5) is 13.7. The molecule has 5 heteroatoms. The Hall–Kier alpha value is -1.88. The van der Waals surface area contributed by atoms with Crippen LogP contribution in [0.1, 0.15) is 10.5 Å². The van der Waals surface area contributed by atoms with Crippen LogP contribution in [0.25, 0.3) is 10.9 Å². The van der Waals surface area contributed by atoms with Gasteiger partial charge in [0.2, 0.25) is 0 Å². The molecule has 1 N–H and O–H groups in total. The molecular formula is C12H15N3O2. The van der Waals surface area contributed by atoms with E-state index in [-0.39, 0.29) is 5.91 Å². The van der Waals surface area contributed by atoms with Gasteiger partial charge in [0.15, 0.2) is 5.69 Å². The van der Waals surface area contributed by atoms with Crippen molar-refractivity contribution in [2.75, 3.05) is 27.3 Å². The van der Waals surface area contributed by atoms with Gasteiger partial charge in [0.05, 0.1) is 12.1 Å². The van der Waals surface area contributed by atoms with E-state index in [2.05, 4.69) is 10.2 Å². The number of amides is 1. The molecule has 1 heterocycles. The van der Waals surface area contributed by atoms with E-state index in [9.17, 15) is 4.79 Å². The van der Waals surface area contributed by atoms with Crippen LogP contribution in [-0.4, -0.2) is 48.3 Å². The SMILES string of the molecule is COCCN(C)C(=O)c1n[nH]c2ccccc12. The number of nitrogens with one attached hydrogen (secondary N) is 1. The first-order chi connectivity index (χ1) is 8.24. The van der Waals surface area contributed by atoms with E-state index in [1.807, 2.05) is 24.3 Å². The van der Waals surface area contributed by atoms with E-state index in [1.165, 1.54) is 0 Å². The molecule has 0 aliphatic carbocycles. The fourth-order valence-electron chi connectivity index (χ4n) is 1.64. The van der Waals surface area contributed by atoms with Gasteiger partial charge < -0.3 is 9.64 Å².